The van der Waals surface area contributed by atoms with Gasteiger partial charge >= 0.3 is 0 Å². The first-order valence-electron chi connectivity index (χ1n) is 8.81. The maximum absolute atomic E-state index is 4.30. The lowest BCUT2D eigenvalue weighted by molar-refractivity contribution is 0.152. The summed E-state index contributed by atoms with van der Waals surface area (Å²) >= 11 is 0. The molecule has 0 radical (unpaired) electrons. The Bertz CT molecular complexity index is 855. The Morgan fingerprint density at radius 2 is 2.00 bits per heavy atom. The Morgan fingerprint density at radius 3 is 2.80 bits per heavy atom. The molecule has 1 aromatic carbocycles. The number of likely N-dealkylation sites (tertiary alicyclic amines) is 1. The zero-order chi connectivity index (χ0) is 17.2. The zero-order valence-corrected chi connectivity index (χ0v) is 14.7. The van der Waals surface area contributed by atoms with Gasteiger partial charge < -0.3 is 5.32 Å². The number of aryl methyl sites for hydroxylation is 1. The minimum atomic E-state index is 0.676. The maximum Gasteiger partial charge on any atom is 0.183 e. The number of hydrogen-bond acceptors (Lipinski definition) is 6. The van der Waals surface area contributed by atoms with Gasteiger partial charge in [0.1, 0.15) is 6.33 Å². The van der Waals surface area contributed by atoms with Gasteiger partial charge in [-0.25, -0.2) is 14.6 Å². The van der Waals surface area contributed by atoms with Crippen molar-refractivity contribution < 1.29 is 0 Å². The summed E-state index contributed by atoms with van der Waals surface area (Å²) in [6.45, 7) is 4.55. The quantitative estimate of drug-likeness (QED) is 0.789. The second kappa shape index (κ2) is 6.76. The summed E-state index contributed by atoms with van der Waals surface area (Å²) < 4.78 is 1.64. The van der Waals surface area contributed by atoms with Crippen molar-refractivity contribution in [1.82, 2.24) is 29.9 Å². The van der Waals surface area contributed by atoms with Crippen molar-refractivity contribution >= 4 is 22.7 Å². The van der Waals surface area contributed by atoms with Gasteiger partial charge in [-0.1, -0.05) is 23.8 Å². The Kier molecular flexibility index (Phi) is 4.31. The molecule has 1 aliphatic rings. The number of nitrogens with one attached hydrogen (secondary N) is 1. The fraction of sp³-hybridized carbons (Fsp3) is 0.444. The van der Waals surface area contributed by atoms with E-state index in [2.05, 4.69) is 61.7 Å². The van der Waals surface area contributed by atoms with Crippen LogP contribution in [0.5, 0.6) is 0 Å². The molecule has 0 spiro atoms. The highest BCUT2D eigenvalue weighted by Gasteiger charge is 2.18. The van der Waals surface area contributed by atoms with E-state index in [0.29, 0.717) is 23.0 Å². The molecule has 1 fully saturated rings. The Hall–Kier alpha value is -2.54. The minimum absolute atomic E-state index is 0.676. The van der Waals surface area contributed by atoms with Gasteiger partial charge in [0.2, 0.25) is 0 Å². The Morgan fingerprint density at radius 1 is 1.16 bits per heavy atom. The van der Waals surface area contributed by atoms with Crippen molar-refractivity contribution in [2.24, 2.45) is 7.05 Å². The van der Waals surface area contributed by atoms with E-state index >= 15 is 0 Å². The normalized spacial score (nSPS) is 18.6. The van der Waals surface area contributed by atoms with E-state index in [-0.39, 0.29) is 0 Å². The van der Waals surface area contributed by atoms with Crippen molar-refractivity contribution in [3.05, 3.63) is 36.2 Å². The third kappa shape index (κ3) is 3.32. The summed E-state index contributed by atoms with van der Waals surface area (Å²) in [6.07, 6.45) is 5.50. The molecule has 1 aliphatic heterocycles. The number of benzene rings is 1. The summed E-state index contributed by atoms with van der Waals surface area (Å²) in [7, 11) is 1.82. The highest BCUT2D eigenvalue weighted by molar-refractivity contribution is 5.84. The number of rotatable bonds is 4. The van der Waals surface area contributed by atoms with Gasteiger partial charge in [-0.3, -0.25) is 4.90 Å². The number of hydrogen-bond donors (Lipinski definition) is 1. The average molecular weight is 337 g/mol. The second-order valence-corrected chi connectivity index (χ2v) is 6.74. The summed E-state index contributed by atoms with van der Waals surface area (Å²) in [4.78, 5) is 11.1. The van der Waals surface area contributed by atoms with Crippen molar-refractivity contribution in [2.75, 3.05) is 11.9 Å². The van der Waals surface area contributed by atoms with E-state index in [1.165, 1.54) is 37.7 Å². The van der Waals surface area contributed by atoms with E-state index in [0.717, 1.165) is 12.2 Å². The monoisotopic (exact) mass is 337 g/mol. The van der Waals surface area contributed by atoms with Gasteiger partial charge in [-0.2, -0.15) is 0 Å². The van der Waals surface area contributed by atoms with Crippen molar-refractivity contribution in [3.8, 4) is 0 Å². The minimum Gasteiger partial charge on any atom is -0.338 e. The highest BCUT2D eigenvalue weighted by Crippen LogP contribution is 2.23. The molecule has 0 bridgehead atoms. The molecule has 7 heteroatoms. The third-order valence-electron chi connectivity index (χ3n) is 4.93. The van der Waals surface area contributed by atoms with E-state index in [4.69, 9.17) is 0 Å². The van der Waals surface area contributed by atoms with Crippen LogP contribution in [0.25, 0.3) is 11.2 Å². The lowest BCUT2D eigenvalue weighted by atomic mass is 10.0. The maximum atomic E-state index is 4.30. The summed E-state index contributed by atoms with van der Waals surface area (Å²) in [5.74, 6) is 0.676. The largest absolute Gasteiger partial charge is 0.338 e. The summed E-state index contributed by atoms with van der Waals surface area (Å²) in [6, 6.07) is 9.22. The lowest BCUT2D eigenvalue weighted by Gasteiger charge is -2.33. The number of piperidine rings is 1. The molecule has 2 aromatic heterocycles. The topological polar surface area (TPSA) is 71.8 Å². The molecule has 0 saturated carbocycles. The van der Waals surface area contributed by atoms with E-state index in [9.17, 15) is 0 Å². The highest BCUT2D eigenvalue weighted by atomic mass is 15.4. The predicted molar refractivity (Wildman–Crippen MR) is 97.5 cm³/mol. The van der Waals surface area contributed by atoms with Gasteiger partial charge in [0.05, 0.1) is 0 Å². The van der Waals surface area contributed by atoms with Gasteiger partial charge in [0.25, 0.3) is 0 Å². The second-order valence-electron chi connectivity index (χ2n) is 6.74. The van der Waals surface area contributed by atoms with Gasteiger partial charge in [-0.15, -0.1) is 5.10 Å². The van der Waals surface area contributed by atoms with Crippen LogP contribution >= 0.6 is 0 Å². The molecule has 7 nitrogen and oxygen atoms in total. The zero-order valence-electron chi connectivity index (χ0n) is 14.7. The van der Waals surface area contributed by atoms with Crippen LogP contribution in [0.15, 0.2) is 30.6 Å². The van der Waals surface area contributed by atoms with Crippen LogP contribution in [0.2, 0.25) is 0 Å². The summed E-state index contributed by atoms with van der Waals surface area (Å²) in [5.41, 5.74) is 3.72. The number of anilines is 2. The molecule has 1 atom stereocenters. The first-order valence-corrected chi connectivity index (χ1v) is 8.81. The first kappa shape index (κ1) is 16.0. The predicted octanol–water partition coefficient (Wildman–Crippen LogP) is 2.88. The molecular weight excluding hydrogens is 314 g/mol. The van der Waals surface area contributed by atoms with Crippen molar-refractivity contribution in [1.29, 1.82) is 0 Å². The Labute approximate surface area is 147 Å². The van der Waals surface area contributed by atoms with E-state index in [1.807, 2.05) is 7.05 Å². The van der Waals surface area contributed by atoms with E-state index in [1.54, 1.807) is 4.68 Å². The SMILES string of the molecule is CC1CCCCN1Cc1ccc(Nc2ncnc3c2nnn3C)cc1. The van der Waals surface area contributed by atoms with E-state index < -0.39 is 0 Å². The molecular formula is C18H23N7. The molecule has 0 aliphatic carbocycles. The molecule has 4 rings (SSSR count). The van der Waals surface area contributed by atoms with Crippen LogP contribution in [-0.2, 0) is 13.6 Å². The molecule has 3 heterocycles. The van der Waals surface area contributed by atoms with Crippen LogP contribution in [-0.4, -0.2) is 42.4 Å². The molecule has 130 valence electrons. The van der Waals surface area contributed by atoms with Crippen molar-refractivity contribution in [3.63, 3.8) is 0 Å². The molecule has 1 N–H and O–H groups in total. The van der Waals surface area contributed by atoms with Crippen LogP contribution in [0, 0.1) is 0 Å². The average Bonchev–Trinajstić information content (AvgIpc) is 3.01. The number of nitrogens with zero attached hydrogens (tertiary/aromatic N) is 6. The van der Waals surface area contributed by atoms with Crippen LogP contribution in [0.4, 0.5) is 11.5 Å². The fourth-order valence-electron chi connectivity index (χ4n) is 3.40. The molecule has 1 unspecified atom stereocenters. The number of fused-ring (bicyclic) bond motifs is 1. The molecule has 1 saturated heterocycles. The van der Waals surface area contributed by atoms with Crippen LogP contribution < -0.4 is 5.32 Å². The Balaban J connectivity index is 1.48. The molecule has 3 aromatic rings. The van der Waals surface area contributed by atoms with Gasteiger partial charge in [-0.05, 0) is 44.0 Å². The van der Waals surface area contributed by atoms with Gasteiger partial charge in [0, 0.05) is 25.3 Å². The van der Waals surface area contributed by atoms with Crippen molar-refractivity contribution in [2.45, 2.75) is 38.8 Å². The standard InChI is InChI=1S/C18H23N7/c1-13-5-3-4-10-25(13)11-14-6-8-15(9-7-14)21-17-16-18(20-12-19-17)24(2)23-22-16/h6-9,12-13H,3-5,10-11H2,1-2H3,(H,19,20,21). The van der Waals surface area contributed by atoms with Gasteiger partial charge in [0.15, 0.2) is 17.0 Å². The molecule has 0 amide bonds. The molecule has 25 heavy (non-hydrogen) atoms. The number of aromatic nitrogens is 5. The first-order chi connectivity index (χ1) is 12.2. The van der Waals surface area contributed by atoms with Crippen LogP contribution in [0.3, 0.4) is 0 Å². The van der Waals surface area contributed by atoms with Crippen LogP contribution in [0.1, 0.15) is 31.7 Å². The lowest BCUT2D eigenvalue weighted by Crippen LogP contribution is -2.36. The summed E-state index contributed by atoms with van der Waals surface area (Å²) in [5, 5.41) is 11.5. The fourth-order valence-corrected chi connectivity index (χ4v) is 3.40. The smallest absolute Gasteiger partial charge is 0.183 e. The third-order valence-corrected chi connectivity index (χ3v) is 4.93.